The summed E-state index contributed by atoms with van der Waals surface area (Å²) in [5.74, 6) is 2.29. The van der Waals surface area contributed by atoms with Gasteiger partial charge >= 0.3 is 0 Å². The second kappa shape index (κ2) is 13.5. The van der Waals surface area contributed by atoms with Gasteiger partial charge in [0.2, 0.25) is 11.9 Å². The summed E-state index contributed by atoms with van der Waals surface area (Å²) in [6, 6.07) is 10.1. The van der Waals surface area contributed by atoms with E-state index in [0.717, 1.165) is 48.6 Å². The van der Waals surface area contributed by atoms with Crippen LogP contribution in [-0.2, 0) is 22.4 Å². The van der Waals surface area contributed by atoms with Gasteiger partial charge in [-0.15, -0.1) is 0 Å². The molecule has 2 aliphatic rings. The Kier molecular flexibility index (Phi) is 9.51. The van der Waals surface area contributed by atoms with Crippen molar-refractivity contribution in [2.24, 2.45) is 0 Å². The number of ether oxygens (including phenoxy) is 3. The average Bonchev–Trinajstić information content (AvgIpc) is 3.21. The van der Waals surface area contributed by atoms with Crippen molar-refractivity contribution >= 4 is 46.3 Å². The molecule has 0 saturated carbocycles. The lowest BCUT2D eigenvalue weighted by molar-refractivity contribution is -0.131. The molecule has 0 aliphatic carbocycles. The number of anilines is 5. The quantitative estimate of drug-likeness (QED) is 0.378. The van der Waals surface area contributed by atoms with E-state index in [1.54, 1.807) is 20.4 Å². The summed E-state index contributed by atoms with van der Waals surface area (Å²) in [6.07, 6.45) is 3.07. The number of carbonyl (C=O) groups excluding carboxylic acids is 1. The minimum absolute atomic E-state index is 0.139. The van der Waals surface area contributed by atoms with Crippen LogP contribution < -0.4 is 25.0 Å². The molecule has 1 saturated heterocycles. The van der Waals surface area contributed by atoms with Crippen LogP contribution in [0.25, 0.3) is 0 Å². The number of benzene rings is 2. The minimum Gasteiger partial charge on any atom is -0.495 e. The molecule has 12 heteroatoms. The standard InChI is InChI=1S/C30H38ClN7O4/c1-36(2)19-28(39)38-9-7-20-15-25(26(40-3)16-21(20)8-10-38)34-30-32-18-23(31)29(35-30)33-24-6-5-22(17-27(24)41-4)37-11-13-42-14-12-37/h5-6,15-18H,7-14,19H2,1-4H3,(H2,32,33,34,35). The van der Waals surface area contributed by atoms with Crippen LogP contribution in [0.3, 0.4) is 0 Å². The van der Waals surface area contributed by atoms with Gasteiger partial charge in [0.1, 0.15) is 16.5 Å². The van der Waals surface area contributed by atoms with E-state index in [1.165, 1.54) is 5.56 Å². The van der Waals surface area contributed by atoms with E-state index < -0.39 is 0 Å². The smallest absolute Gasteiger partial charge is 0.236 e. The van der Waals surface area contributed by atoms with Gasteiger partial charge in [0.15, 0.2) is 5.82 Å². The zero-order chi connectivity index (χ0) is 29.6. The molecule has 2 aliphatic heterocycles. The number of rotatable bonds is 9. The van der Waals surface area contributed by atoms with Crippen LogP contribution in [0.5, 0.6) is 11.5 Å². The highest BCUT2D eigenvalue weighted by Crippen LogP contribution is 2.36. The van der Waals surface area contributed by atoms with Crippen molar-refractivity contribution in [2.75, 3.05) is 89.8 Å². The van der Waals surface area contributed by atoms with Crippen LogP contribution in [0.1, 0.15) is 11.1 Å². The summed E-state index contributed by atoms with van der Waals surface area (Å²) >= 11 is 6.50. The number of halogens is 1. The van der Waals surface area contributed by atoms with Crippen LogP contribution in [0.4, 0.5) is 28.8 Å². The first-order valence-electron chi connectivity index (χ1n) is 14.0. The number of aromatic nitrogens is 2. The highest BCUT2D eigenvalue weighted by Gasteiger charge is 2.21. The largest absolute Gasteiger partial charge is 0.495 e. The molecule has 0 unspecified atom stereocenters. The van der Waals surface area contributed by atoms with Gasteiger partial charge < -0.3 is 39.5 Å². The van der Waals surface area contributed by atoms with Crippen LogP contribution >= 0.6 is 11.6 Å². The number of methoxy groups -OCH3 is 2. The number of nitrogens with zero attached hydrogens (tertiary/aromatic N) is 5. The second-order valence-corrected chi connectivity index (χ2v) is 11.0. The van der Waals surface area contributed by atoms with E-state index >= 15 is 0 Å². The molecule has 0 bridgehead atoms. The van der Waals surface area contributed by atoms with Crippen LogP contribution in [0.15, 0.2) is 36.5 Å². The van der Waals surface area contributed by atoms with Crippen molar-refractivity contribution in [3.05, 3.63) is 52.7 Å². The monoisotopic (exact) mass is 595 g/mol. The average molecular weight is 596 g/mol. The number of carbonyl (C=O) groups is 1. The van der Waals surface area contributed by atoms with Crippen LogP contribution in [0.2, 0.25) is 5.02 Å². The first kappa shape index (κ1) is 29.7. The van der Waals surface area contributed by atoms with Crippen LogP contribution in [-0.4, -0.2) is 99.9 Å². The van der Waals surface area contributed by atoms with Gasteiger partial charge in [-0.3, -0.25) is 4.79 Å². The molecule has 11 nitrogen and oxygen atoms in total. The second-order valence-electron chi connectivity index (χ2n) is 10.6. The number of amides is 1. The number of fused-ring (bicyclic) bond motifs is 1. The summed E-state index contributed by atoms with van der Waals surface area (Å²) in [7, 11) is 7.09. The van der Waals surface area contributed by atoms with Gasteiger partial charge in [-0.25, -0.2) is 4.98 Å². The Labute approximate surface area is 251 Å². The van der Waals surface area contributed by atoms with Gasteiger partial charge in [0.25, 0.3) is 0 Å². The first-order valence-corrected chi connectivity index (χ1v) is 14.4. The third kappa shape index (κ3) is 6.97. The predicted molar refractivity (Wildman–Crippen MR) is 165 cm³/mol. The molecular weight excluding hydrogens is 558 g/mol. The Morgan fingerprint density at radius 3 is 2.36 bits per heavy atom. The fraction of sp³-hybridized carbons (Fsp3) is 0.433. The molecule has 3 aromatic rings. The number of hydrogen-bond donors (Lipinski definition) is 2. The molecule has 0 spiro atoms. The Balaban J connectivity index is 1.34. The van der Waals surface area contributed by atoms with Gasteiger partial charge in [-0.05, 0) is 62.3 Å². The van der Waals surface area contributed by atoms with Gasteiger partial charge in [-0.2, -0.15) is 4.98 Å². The Bertz CT molecular complexity index is 1410. The minimum atomic E-state index is 0.139. The lowest BCUT2D eigenvalue weighted by Gasteiger charge is -2.29. The van der Waals surface area contributed by atoms with Crippen molar-refractivity contribution in [3.8, 4) is 11.5 Å². The Morgan fingerprint density at radius 2 is 1.67 bits per heavy atom. The summed E-state index contributed by atoms with van der Waals surface area (Å²) in [5.41, 5.74) is 4.87. The van der Waals surface area contributed by atoms with Crippen molar-refractivity contribution in [3.63, 3.8) is 0 Å². The number of likely N-dealkylation sites (N-methyl/N-ethyl adjacent to an activating group) is 1. The molecule has 224 valence electrons. The zero-order valence-corrected chi connectivity index (χ0v) is 25.3. The molecule has 5 rings (SSSR count). The van der Waals surface area contributed by atoms with Crippen LogP contribution in [0, 0.1) is 0 Å². The highest BCUT2D eigenvalue weighted by atomic mass is 35.5. The zero-order valence-electron chi connectivity index (χ0n) is 24.6. The van der Waals surface area contributed by atoms with Gasteiger partial charge in [0, 0.05) is 37.9 Å². The third-order valence-corrected chi connectivity index (χ3v) is 7.71. The number of morpholine rings is 1. The van der Waals surface area contributed by atoms with Crippen molar-refractivity contribution in [1.29, 1.82) is 0 Å². The molecule has 1 amide bonds. The van der Waals surface area contributed by atoms with Crippen molar-refractivity contribution < 1.29 is 19.0 Å². The Hall–Kier alpha value is -3.80. The lowest BCUT2D eigenvalue weighted by Crippen LogP contribution is -2.39. The molecule has 0 radical (unpaired) electrons. The summed E-state index contributed by atoms with van der Waals surface area (Å²) in [6.45, 7) is 4.84. The summed E-state index contributed by atoms with van der Waals surface area (Å²) in [4.78, 5) is 27.8. The molecule has 1 aromatic heterocycles. The maximum Gasteiger partial charge on any atom is 0.236 e. The van der Waals surface area contributed by atoms with Gasteiger partial charge in [0.05, 0.1) is 51.5 Å². The number of nitrogens with one attached hydrogen (secondary N) is 2. The topological polar surface area (TPSA) is 104 Å². The first-order chi connectivity index (χ1) is 20.3. The maximum absolute atomic E-state index is 12.7. The third-order valence-electron chi connectivity index (χ3n) is 7.43. The molecule has 0 atom stereocenters. The van der Waals surface area contributed by atoms with E-state index in [1.807, 2.05) is 48.2 Å². The van der Waals surface area contributed by atoms with E-state index in [4.69, 9.17) is 25.8 Å². The van der Waals surface area contributed by atoms with Crippen molar-refractivity contribution in [2.45, 2.75) is 12.8 Å². The van der Waals surface area contributed by atoms with E-state index in [9.17, 15) is 4.79 Å². The molecule has 3 heterocycles. The Morgan fingerprint density at radius 1 is 0.976 bits per heavy atom. The normalized spacial score (nSPS) is 15.2. The van der Waals surface area contributed by atoms with E-state index in [2.05, 4.69) is 31.6 Å². The molecule has 1 fully saturated rings. The summed E-state index contributed by atoms with van der Waals surface area (Å²) < 4.78 is 16.9. The highest BCUT2D eigenvalue weighted by molar-refractivity contribution is 6.33. The SMILES string of the molecule is COc1cc2c(cc1Nc1ncc(Cl)c(Nc3ccc(N4CCOCC4)cc3OC)n1)CCN(C(=O)CN(C)C)CC2. The predicted octanol–water partition coefficient (Wildman–Crippen LogP) is 3.96. The summed E-state index contributed by atoms with van der Waals surface area (Å²) in [5, 5.41) is 6.98. The number of hydrogen-bond acceptors (Lipinski definition) is 10. The molecule has 2 N–H and O–H groups in total. The molecule has 42 heavy (non-hydrogen) atoms. The fourth-order valence-corrected chi connectivity index (χ4v) is 5.34. The fourth-order valence-electron chi connectivity index (χ4n) is 5.21. The molecular formula is C30H38ClN7O4. The van der Waals surface area contributed by atoms with E-state index in [0.29, 0.717) is 61.1 Å². The van der Waals surface area contributed by atoms with E-state index in [-0.39, 0.29) is 5.91 Å². The molecule has 2 aromatic carbocycles. The van der Waals surface area contributed by atoms with Gasteiger partial charge in [-0.1, -0.05) is 11.6 Å². The lowest BCUT2D eigenvalue weighted by atomic mass is 10.0. The maximum atomic E-state index is 12.7. The van der Waals surface area contributed by atoms with Crippen molar-refractivity contribution in [1.82, 2.24) is 19.8 Å².